The van der Waals surface area contributed by atoms with Crippen LogP contribution < -0.4 is 10.1 Å². The number of halogens is 1. The van der Waals surface area contributed by atoms with Crippen molar-refractivity contribution in [2.75, 3.05) is 5.32 Å². The molecular formula is C27H26FN3O2. The van der Waals surface area contributed by atoms with Gasteiger partial charge in [0.1, 0.15) is 12.4 Å². The van der Waals surface area contributed by atoms with Crippen LogP contribution in [0.2, 0.25) is 0 Å². The fourth-order valence-corrected chi connectivity index (χ4v) is 3.41. The lowest BCUT2D eigenvalue weighted by molar-refractivity contribution is 0.101. The van der Waals surface area contributed by atoms with Crippen LogP contribution >= 0.6 is 0 Å². The molecule has 1 aromatic heterocycles. The van der Waals surface area contributed by atoms with E-state index in [1.807, 2.05) is 54.6 Å². The first-order chi connectivity index (χ1) is 16.1. The van der Waals surface area contributed by atoms with Crippen molar-refractivity contribution < 1.29 is 13.9 Å². The molecule has 0 unspecified atom stereocenters. The van der Waals surface area contributed by atoms with Crippen LogP contribution in [0.3, 0.4) is 0 Å². The Labute approximate surface area is 192 Å². The van der Waals surface area contributed by atoms with E-state index >= 15 is 0 Å². The zero-order valence-corrected chi connectivity index (χ0v) is 18.5. The molecule has 1 amide bonds. The van der Waals surface area contributed by atoms with Gasteiger partial charge in [-0.15, -0.1) is 0 Å². The number of hydrogen-bond acceptors (Lipinski definition) is 3. The van der Waals surface area contributed by atoms with Crippen LogP contribution in [0, 0.1) is 5.82 Å². The van der Waals surface area contributed by atoms with Crippen molar-refractivity contribution in [3.05, 3.63) is 108 Å². The molecular weight excluding hydrogens is 417 g/mol. The van der Waals surface area contributed by atoms with Gasteiger partial charge in [-0.25, -0.2) is 9.07 Å². The number of amides is 1. The van der Waals surface area contributed by atoms with Gasteiger partial charge in [0, 0.05) is 5.69 Å². The normalized spacial score (nSPS) is 10.7. The molecule has 5 nitrogen and oxygen atoms in total. The second-order valence-corrected chi connectivity index (χ2v) is 7.79. The lowest BCUT2D eigenvalue weighted by Gasteiger charge is -2.08. The van der Waals surface area contributed by atoms with Gasteiger partial charge in [-0.05, 0) is 60.4 Å². The van der Waals surface area contributed by atoms with E-state index in [2.05, 4.69) is 17.3 Å². The molecule has 0 fully saturated rings. The van der Waals surface area contributed by atoms with Crippen LogP contribution in [-0.4, -0.2) is 15.7 Å². The predicted octanol–water partition coefficient (Wildman–Crippen LogP) is 6.19. The first kappa shape index (κ1) is 22.3. The highest BCUT2D eigenvalue weighted by Gasteiger charge is 2.19. The van der Waals surface area contributed by atoms with E-state index in [4.69, 9.17) is 4.74 Å². The Balaban J connectivity index is 1.56. The van der Waals surface area contributed by atoms with Gasteiger partial charge < -0.3 is 10.1 Å². The summed E-state index contributed by atoms with van der Waals surface area (Å²) in [6.45, 7) is 2.46. The molecule has 0 bridgehead atoms. The second-order valence-electron chi connectivity index (χ2n) is 7.79. The number of ether oxygens (including phenoxy) is 1. The number of aryl methyl sites for hydroxylation is 1. The number of aromatic nitrogens is 2. The first-order valence-electron chi connectivity index (χ1n) is 11.0. The van der Waals surface area contributed by atoms with Gasteiger partial charge in [0.05, 0.1) is 11.9 Å². The minimum Gasteiger partial charge on any atom is -0.485 e. The lowest BCUT2D eigenvalue weighted by Crippen LogP contribution is -2.14. The van der Waals surface area contributed by atoms with Gasteiger partial charge in [-0.2, -0.15) is 5.10 Å². The number of unbranched alkanes of at least 4 members (excludes halogenated alkanes) is 1. The monoisotopic (exact) mass is 443 g/mol. The van der Waals surface area contributed by atoms with Gasteiger partial charge in [0.15, 0.2) is 11.4 Å². The molecule has 3 aromatic carbocycles. The summed E-state index contributed by atoms with van der Waals surface area (Å²) in [7, 11) is 0. The third kappa shape index (κ3) is 5.86. The molecule has 0 spiro atoms. The summed E-state index contributed by atoms with van der Waals surface area (Å²) in [5, 5.41) is 7.33. The second kappa shape index (κ2) is 10.6. The fraction of sp³-hybridized carbons (Fsp3) is 0.185. The minimum atomic E-state index is -0.375. The van der Waals surface area contributed by atoms with Crippen molar-refractivity contribution in [1.29, 1.82) is 0 Å². The number of carbonyl (C=O) groups is 1. The summed E-state index contributed by atoms with van der Waals surface area (Å²) in [6.07, 6.45) is 4.93. The zero-order valence-electron chi connectivity index (χ0n) is 18.5. The SMILES string of the molecule is CCCCc1ccc(NC(=O)c2nn(-c3ccc(F)cc3)cc2OCc2ccccc2)cc1. The zero-order chi connectivity index (χ0) is 23.0. The highest BCUT2D eigenvalue weighted by atomic mass is 19.1. The summed E-state index contributed by atoms with van der Waals surface area (Å²) in [5.74, 6) is -0.368. The van der Waals surface area contributed by atoms with Crippen LogP contribution in [0.15, 0.2) is 85.1 Å². The molecule has 4 rings (SSSR count). The van der Waals surface area contributed by atoms with Crippen LogP contribution in [0.25, 0.3) is 5.69 Å². The topological polar surface area (TPSA) is 56.2 Å². The van der Waals surface area contributed by atoms with Gasteiger partial charge in [-0.1, -0.05) is 55.8 Å². The summed E-state index contributed by atoms with van der Waals surface area (Å²) in [4.78, 5) is 13.1. The average Bonchev–Trinajstić information content (AvgIpc) is 3.28. The van der Waals surface area contributed by atoms with Crippen molar-refractivity contribution in [3.8, 4) is 11.4 Å². The van der Waals surface area contributed by atoms with E-state index in [0.29, 0.717) is 23.7 Å². The van der Waals surface area contributed by atoms with Crippen molar-refractivity contribution in [3.63, 3.8) is 0 Å². The summed E-state index contributed by atoms with van der Waals surface area (Å²) >= 11 is 0. The van der Waals surface area contributed by atoms with E-state index < -0.39 is 0 Å². The lowest BCUT2D eigenvalue weighted by atomic mass is 10.1. The number of benzene rings is 3. The van der Waals surface area contributed by atoms with Crippen molar-refractivity contribution in [1.82, 2.24) is 9.78 Å². The quantitative estimate of drug-likeness (QED) is 0.336. The predicted molar refractivity (Wildman–Crippen MR) is 127 cm³/mol. The molecule has 0 saturated carbocycles. The van der Waals surface area contributed by atoms with Crippen LogP contribution in [-0.2, 0) is 13.0 Å². The van der Waals surface area contributed by atoms with Crippen molar-refractivity contribution in [2.24, 2.45) is 0 Å². The number of anilines is 1. The first-order valence-corrected chi connectivity index (χ1v) is 11.0. The van der Waals surface area contributed by atoms with Crippen LogP contribution in [0.4, 0.5) is 10.1 Å². The van der Waals surface area contributed by atoms with Crippen LogP contribution in [0.1, 0.15) is 41.4 Å². The van der Waals surface area contributed by atoms with Crippen molar-refractivity contribution >= 4 is 11.6 Å². The molecule has 4 aromatic rings. The average molecular weight is 444 g/mol. The van der Waals surface area contributed by atoms with Gasteiger partial charge in [0.2, 0.25) is 0 Å². The van der Waals surface area contributed by atoms with Crippen molar-refractivity contribution in [2.45, 2.75) is 32.8 Å². The number of nitrogens with zero attached hydrogens (tertiary/aromatic N) is 2. The third-order valence-corrected chi connectivity index (χ3v) is 5.25. The molecule has 0 aliphatic rings. The summed E-state index contributed by atoms with van der Waals surface area (Å²) in [6, 6.07) is 23.4. The molecule has 168 valence electrons. The Hall–Kier alpha value is -3.93. The molecule has 6 heteroatoms. The maximum absolute atomic E-state index is 13.3. The Morgan fingerprint density at radius 3 is 2.39 bits per heavy atom. The highest BCUT2D eigenvalue weighted by Crippen LogP contribution is 2.23. The summed E-state index contributed by atoms with van der Waals surface area (Å²) in [5.41, 5.74) is 3.68. The number of hydrogen-bond donors (Lipinski definition) is 1. The molecule has 0 aliphatic heterocycles. The van der Waals surface area contributed by atoms with E-state index in [0.717, 1.165) is 24.8 Å². The van der Waals surface area contributed by atoms with E-state index in [9.17, 15) is 9.18 Å². The molecule has 1 heterocycles. The van der Waals surface area contributed by atoms with Gasteiger partial charge in [0.25, 0.3) is 5.91 Å². The maximum atomic E-state index is 13.3. The fourth-order valence-electron chi connectivity index (χ4n) is 3.41. The van der Waals surface area contributed by atoms with E-state index in [-0.39, 0.29) is 17.4 Å². The number of nitrogens with one attached hydrogen (secondary N) is 1. The van der Waals surface area contributed by atoms with E-state index in [1.165, 1.54) is 22.4 Å². The highest BCUT2D eigenvalue weighted by molar-refractivity contribution is 6.04. The Morgan fingerprint density at radius 2 is 1.70 bits per heavy atom. The van der Waals surface area contributed by atoms with E-state index in [1.54, 1.807) is 18.3 Å². The summed E-state index contributed by atoms with van der Waals surface area (Å²) < 4.78 is 20.8. The third-order valence-electron chi connectivity index (χ3n) is 5.25. The molecule has 0 saturated heterocycles. The Kier molecular flexibility index (Phi) is 7.15. The smallest absolute Gasteiger partial charge is 0.280 e. The minimum absolute atomic E-state index is 0.158. The molecule has 0 radical (unpaired) electrons. The standard InChI is InChI=1S/C27H26FN3O2/c1-2-3-7-20-10-14-23(15-11-20)29-27(32)26-25(33-19-21-8-5-4-6-9-21)18-31(30-26)24-16-12-22(28)13-17-24/h4-6,8-18H,2-3,7,19H2,1H3,(H,29,32). The Bertz CT molecular complexity index is 1190. The molecule has 0 atom stereocenters. The Morgan fingerprint density at radius 1 is 0.970 bits per heavy atom. The molecule has 33 heavy (non-hydrogen) atoms. The molecule has 0 aliphatic carbocycles. The van der Waals surface area contributed by atoms with Gasteiger partial charge in [-0.3, -0.25) is 4.79 Å². The van der Waals surface area contributed by atoms with Gasteiger partial charge >= 0.3 is 0 Å². The van der Waals surface area contributed by atoms with Crippen LogP contribution in [0.5, 0.6) is 5.75 Å². The number of carbonyl (C=O) groups excluding carboxylic acids is 1. The molecule has 1 N–H and O–H groups in total. The number of rotatable bonds is 9. The maximum Gasteiger partial charge on any atom is 0.280 e. The largest absolute Gasteiger partial charge is 0.485 e.